The van der Waals surface area contributed by atoms with Crippen LogP contribution in [-0.4, -0.2) is 77.2 Å². The maximum atomic E-state index is 12.8. The van der Waals surface area contributed by atoms with Gasteiger partial charge in [0.15, 0.2) is 0 Å². The van der Waals surface area contributed by atoms with Gasteiger partial charge in [0.05, 0.1) is 36.8 Å². The fourth-order valence-electron chi connectivity index (χ4n) is 5.15. The van der Waals surface area contributed by atoms with Crippen molar-refractivity contribution >= 4 is 40.0 Å². The van der Waals surface area contributed by atoms with Crippen LogP contribution in [0.3, 0.4) is 0 Å². The van der Waals surface area contributed by atoms with Crippen molar-refractivity contribution in [2.75, 3.05) is 54.5 Å². The van der Waals surface area contributed by atoms with Crippen LogP contribution in [0, 0.1) is 0 Å². The second kappa shape index (κ2) is 11.8. The molecule has 2 saturated heterocycles. The summed E-state index contributed by atoms with van der Waals surface area (Å²) < 4.78 is 5.48. The Kier molecular flexibility index (Phi) is 7.59. The summed E-state index contributed by atoms with van der Waals surface area (Å²) in [6.45, 7) is 6.25. The Labute approximate surface area is 237 Å². The molecule has 0 saturated carbocycles. The van der Waals surface area contributed by atoms with E-state index in [4.69, 9.17) is 4.74 Å². The SMILES string of the molecule is C/C=C/C(=O)NC1CN(c2ccnc(CC(=O)Nc3ccc(-c4cc5c(N6CCOCC6)ncnc5[nH]4)cc3)c2)C1. The molecule has 210 valence electrons. The number of carbonyl (C=O) groups is 2. The van der Waals surface area contributed by atoms with Crippen LogP contribution in [-0.2, 0) is 20.7 Å². The van der Waals surface area contributed by atoms with Crippen molar-refractivity contribution in [2.24, 2.45) is 0 Å². The number of hydrogen-bond acceptors (Lipinski definition) is 8. The van der Waals surface area contributed by atoms with E-state index in [2.05, 4.69) is 46.4 Å². The predicted molar refractivity (Wildman–Crippen MR) is 158 cm³/mol. The molecule has 3 aromatic heterocycles. The first kappa shape index (κ1) is 26.5. The van der Waals surface area contributed by atoms with Crippen molar-refractivity contribution in [3.05, 3.63) is 72.8 Å². The van der Waals surface area contributed by atoms with E-state index in [0.717, 1.165) is 60.0 Å². The highest BCUT2D eigenvalue weighted by atomic mass is 16.5. The lowest BCUT2D eigenvalue weighted by atomic mass is 10.1. The fraction of sp³-hybridized carbons (Fsp3) is 0.300. The van der Waals surface area contributed by atoms with Gasteiger partial charge in [-0.05, 0) is 48.9 Å². The molecule has 2 amide bonds. The Morgan fingerprint density at radius 1 is 1.05 bits per heavy atom. The van der Waals surface area contributed by atoms with Gasteiger partial charge in [-0.2, -0.15) is 0 Å². The molecule has 0 bridgehead atoms. The molecule has 41 heavy (non-hydrogen) atoms. The molecular weight excluding hydrogens is 520 g/mol. The number of nitrogens with zero attached hydrogens (tertiary/aromatic N) is 5. The summed E-state index contributed by atoms with van der Waals surface area (Å²) in [5.41, 5.74) is 5.09. The number of aromatic nitrogens is 4. The summed E-state index contributed by atoms with van der Waals surface area (Å²) in [6.07, 6.45) is 6.71. The second-order valence-electron chi connectivity index (χ2n) is 10.2. The van der Waals surface area contributed by atoms with Gasteiger partial charge in [-0.15, -0.1) is 0 Å². The molecular formula is C30H32N8O3. The molecule has 3 N–H and O–H groups in total. The Bertz CT molecular complexity index is 1570. The highest BCUT2D eigenvalue weighted by Gasteiger charge is 2.28. The predicted octanol–water partition coefficient (Wildman–Crippen LogP) is 2.92. The van der Waals surface area contributed by atoms with Crippen LogP contribution in [0.4, 0.5) is 17.2 Å². The summed E-state index contributed by atoms with van der Waals surface area (Å²) in [5.74, 6) is 0.691. The van der Waals surface area contributed by atoms with Gasteiger partial charge < -0.3 is 30.2 Å². The van der Waals surface area contributed by atoms with Gasteiger partial charge in [-0.25, -0.2) is 9.97 Å². The van der Waals surface area contributed by atoms with Crippen LogP contribution in [0.2, 0.25) is 0 Å². The first-order chi connectivity index (χ1) is 20.1. The molecule has 11 heteroatoms. The number of morpholine rings is 1. The number of ether oxygens (including phenoxy) is 1. The largest absolute Gasteiger partial charge is 0.378 e. The number of carbonyl (C=O) groups excluding carboxylic acids is 2. The lowest BCUT2D eigenvalue weighted by Crippen LogP contribution is -2.59. The fourth-order valence-corrected chi connectivity index (χ4v) is 5.15. The molecule has 0 spiro atoms. The number of hydrogen-bond donors (Lipinski definition) is 3. The van der Waals surface area contributed by atoms with Gasteiger partial charge in [0.1, 0.15) is 17.8 Å². The normalized spacial score (nSPS) is 15.7. The minimum absolute atomic E-state index is 0.0779. The highest BCUT2D eigenvalue weighted by Crippen LogP contribution is 2.30. The molecule has 0 atom stereocenters. The minimum Gasteiger partial charge on any atom is -0.378 e. The quantitative estimate of drug-likeness (QED) is 0.285. The highest BCUT2D eigenvalue weighted by molar-refractivity contribution is 5.94. The zero-order chi connectivity index (χ0) is 28.2. The average Bonchev–Trinajstić information content (AvgIpc) is 3.40. The number of rotatable bonds is 8. The molecule has 11 nitrogen and oxygen atoms in total. The number of aromatic amines is 1. The van der Waals surface area contributed by atoms with Gasteiger partial charge in [-0.3, -0.25) is 14.6 Å². The molecule has 0 aliphatic carbocycles. The molecule has 0 unspecified atom stereocenters. The molecule has 2 aliphatic heterocycles. The lowest BCUT2D eigenvalue weighted by molar-refractivity contribution is -0.117. The summed E-state index contributed by atoms with van der Waals surface area (Å²) in [6, 6.07) is 13.8. The summed E-state index contributed by atoms with van der Waals surface area (Å²) in [7, 11) is 0. The Hall–Kier alpha value is -4.77. The zero-order valence-corrected chi connectivity index (χ0v) is 22.8. The number of H-pyrrole nitrogens is 1. The Balaban J connectivity index is 1.06. The van der Waals surface area contributed by atoms with Gasteiger partial charge in [-0.1, -0.05) is 18.2 Å². The first-order valence-electron chi connectivity index (χ1n) is 13.8. The summed E-state index contributed by atoms with van der Waals surface area (Å²) >= 11 is 0. The lowest BCUT2D eigenvalue weighted by Gasteiger charge is -2.41. The first-order valence-corrected chi connectivity index (χ1v) is 13.8. The Morgan fingerprint density at radius 3 is 2.63 bits per heavy atom. The molecule has 6 rings (SSSR count). The number of pyridine rings is 1. The van der Waals surface area contributed by atoms with Crippen molar-refractivity contribution < 1.29 is 14.3 Å². The van der Waals surface area contributed by atoms with Crippen LogP contribution in [0.25, 0.3) is 22.3 Å². The van der Waals surface area contributed by atoms with E-state index < -0.39 is 0 Å². The number of allylic oxidation sites excluding steroid dienone is 1. The van der Waals surface area contributed by atoms with E-state index in [1.54, 1.807) is 18.6 Å². The van der Waals surface area contributed by atoms with Crippen molar-refractivity contribution in [1.82, 2.24) is 25.3 Å². The topological polar surface area (TPSA) is 128 Å². The molecule has 2 fully saturated rings. The van der Waals surface area contributed by atoms with E-state index in [1.807, 2.05) is 43.3 Å². The average molecular weight is 553 g/mol. The monoisotopic (exact) mass is 552 g/mol. The summed E-state index contributed by atoms with van der Waals surface area (Å²) in [4.78, 5) is 45.6. The standard InChI is InChI=1S/C30H32N8O3/c1-2-3-27(39)35-23-17-38(18-23)24-8-9-31-22(14-24)15-28(40)34-21-6-4-20(5-7-21)26-16-25-29(36-26)32-19-33-30(25)37-10-12-41-13-11-37/h2-9,14,16,19,23H,10-13,15,17-18H2,1H3,(H,34,40)(H,35,39)(H,32,33,36)/b3-2+. The number of nitrogens with one attached hydrogen (secondary N) is 3. The van der Waals surface area contributed by atoms with Crippen LogP contribution in [0.1, 0.15) is 12.6 Å². The van der Waals surface area contributed by atoms with Gasteiger partial charge in [0, 0.05) is 49.4 Å². The molecule has 4 aromatic rings. The van der Waals surface area contributed by atoms with E-state index >= 15 is 0 Å². The van der Waals surface area contributed by atoms with Crippen LogP contribution < -0.4 is 20.4 Å². The third-order valence-electron chi connectivity index (χ3n) is 7.25. The minimum atomic E-state index is -0.140. The number of amides is 2. The number of anilines is 3. The maximum absolute atomic E-state index is 12.8. The van der Waals surface area contributed by atoms with Crippen molar-refractivity contribution in [3.8, 4) is 11.3 Å². The van der Waals surface area contributed by atoms with Crippen LogP contribution in [0.5, 0.6) is 0 Å². The van der Waals surface area contributed by atoms with E-state index in [-0.39, 0.29) is 24.3 Å². The van der Waals surface area contributed by atoms with Crippen molar-refractivity contribution in [3.63, 3.8) is 0 Å². The Morgan fingerprint density at radius 2 is 1.85 bits per heavy atom. The van der Waals surface area contributed by atoms with Gasteiger partial charge in [0.2, 0.25) is 11.8 Å². The third-order valence-corrected chi connectivity index (χ3v) is 7.25. The van der Waals surface area contributed by atoms with Gasteiger partial charge in [0.25, 0.3) is 0 Å². The maximum Gasteiger partial charge on any atom is 0.243 e. The van der Waals surface area contributed by atoms with Crippen molar-refractivity contribution in [2.45, 2.75) is 19.4 Å². The molecule has 5 heterocycles. The van der Waals surface area contributed by atoms with Crippen LogP contribution >= 0.6 is 0 Å². The van der Waals surface area contributed by atoms with E-state index in [0.29, 0.717) is 24.6 Å². The molecule has 0 radical (unpaired) electrons. The van der Waals surface area contributed by atoms with Gasteiger partial charge >= 0.3 is 0 Å². The number of fused-ring (bicyclic) bond motifs is 1. The zero-order valence-electron chi connectivity index (χ0n) is 22.8. The second-order valence-corrected chi connectivity index (χ2v) is 10.2. The molecule has 2 aliphatic rings. The summed E-state index contributed by atoms with van der Waals surface area (Å²) in [5, 5.41) is 6.91. The smallest absolute Gasteiger partial charge is 0.243 e. The molecule has 1 aromatic carbocycles. The van der Waals surface area contributed by atoms with E-state index in [1.165, 1.54) is 6.08 Å². The van der Waals surface area contributed by atoms with E-state index in [9.17, 15) is 9.59 Å². The van der Waals surface area contributed by atoms with Crippen molar-refractivity contribution in [1.29, 1.82) is 0 Å². The third kappa shape index (κ3) is 6.04. The number of benzene rings is 1. The van der Waals surface area contributed by atoms with Crippen LogP contribution in [0.15, 0.2) is 67.1 Å².